The molecule has 26 heavy (non-hydrogen) atoms. The van der Waals surface area contributed by atoms with Gasteiger partial charge in [-0.1, -0.05) is 34.4 Å². The Morgan fingerprint density at radius 3 is 2.73 bits per heavy atom. The number of amides is 1. The fourth-order valence-electron chi connectivity index (χ4n) is 2.53. The number of oxime groups is 1. The second-order valence-electron chi connectivity index (χ2n) is 5.48. The zero-order valence-corrected chi connectivity index (χ0v) is 15.9. The van der Waals surface area contributed by atoms with Crippen molar-refractivity contribution in [2.45, 2.75) is 18.6 Å². The van der Waals surface area contributed by atoms with Crippen LogP contribution in [0.2, 0.25) is 10.0 Å². The Morgan fingerprint density at radius 1 is 1.46 bits per heavy atom. The molecule has 2 N–H and O–H groups in total. The molecular weight excluding hydrogens is 379 g/mol. The second kappa shape index (κ2) is 8.44. The third-order valence-corrected chi connectivity index (χ3v) is 4.39. The van der Waals surface area contributed by atoms with Crippen LogP contribution in [0.5, 0.6) is 0 Å². The Balaban J connectivity index is 2.48. The van der Waals surface area contributed by atoms with Crippen LogP contribution in [0.3, 0.4) is 0 Å². The molecule has 2 unspecified atom stereocenters. The molecule has 2 atom stereocenters. The second-order valence-corrected chi connectivity index (χ2v) is 6.32. The highest BCUT2D eigenvalue weighted by atomic mass is 35.5. The molecule has 1 heterocycles. The zero-order valence-electron chi connectivity index (χ0n) is 14.4. The molecule has 0 bridgehead atoms. The molecular formula is C17H18Cl2N4O3. The number of nitrogens with one attached hydrogen (secondary N) is 1. The molecule has 1 aromatic carbocycles. The Labute approximate surface area is 161 Å². The maximum Gasteiger partial charge on any atom is 0.273 e. The molecule has 1 aromatic rings. The summed E-state index contributed by atoms with van der Waals surface area (Å²) in [5.41, 5.74) is -0.268. The van der Waals surface area contributed by atoms with Crippen LogP contribution in [-0.4, -0.2) is 37.0 Å². The van der Waals surface area contributed by atoms with Crippen molar-refractivity contribution in [2.24, 2.45) is 15.4 Å². The van der Waals surface area contributed by atoms with Gasteiger partial charge >= 0.3 is 0 Å². The summed E-state index contributed by atoms with van der Waals surface area (Å²) in [6.45, 7) is 1.63. The molecule has 1 aliphatic rings. The molecule has 1 amide bonds. The summed E-state index contributed by atoms with van der Waals surface area (Å²) < 4.78 is 0. The van der Waals surface area contributed by atoms with Crippen molar-refractivity contribution in [3.8, 4) is 0 Å². The van der Waals surface area contributed by atoms with Crippen molar-refractivity contribution in [3.05, 3.63) is 57.7 Å². The van der Waals surface area contributed by atoms with Gasteiger partial charge in [-0.3, -0.25) is 4.79 Å². The molecule has 1 aliphatic heterocycles. The van der Waals surface area contributed by atoms with Crippen LogP contribution in [0, 0.1) is 0 Å². The lowest BCUT2D eigenvalue weighted by molar-refractivity contribution is -0.114. The molecule has 0 spiro atoms. The largest absolute Gasteiger partial charge is 0.398 e. The predicted molar refractivity (Wildman–Crippen MR) is 100 cm³/mol. The van der Waals surface area contributed by atoms with Gasteiger partial charge in [-0.25, -0.2) is 0 Å². The summed E-state index contributed by atoms with van der Waals surface area (Å²) in [4.78, 5) is 16.7. The number of benzene rings is 1. The third-order valence-electron chi connectivity index (χ3n) is 3.84. The molecule has 0 aliphatic carbocycles. The van der Waals surface area contributed by atoms with Gasteiger partial charge in [0.25, 0.3) is 5.91 Å². The fourth-order valence-corrected chi connectivity index (χ4v) is 3.09. The molecule has 7 nitrogen and oxygen atoms in total. The van der Waals surface area contributed by atoms with Crippen molar-refractivity contribution >= 4 is 34.8 Å². The molecule has 2 rings (SSSR count). The maximum atomic E-state index is 12.0. The highest BCUT2D eigenvalue weighted by molar-refractivity contribution is 6.45. The van der Waals surface area contributed by atoms with Gasteiger partial charge < -0.3 is 15.3 Å². The summed E-state index contributed by atoms with van der Waals surface area (Å²) in [5, 5.41) is 25.9. The van der Waals surface area contributed by atoms with Gasteiger partial charge in [-0.2, -0.15) is 10.2 Å². The van der Waals surface area contributed by atoms with E-state index in [1.807, 2.05) is 0 Å². The minimum absolute atomic E-state index is 0.0327. The molecule has 0 fully saturated rings. The molecule has 138 valence electrons. The first kappa shape index (κ1) is 20.1. The summed E-state index contributed by atoms with van der Waals surface area (Å²) in [6.07, 6.45) is 3.38. The van der Waals surface area contributed by atoms with E-state index < -0.39 is 17.6 Å². The Hall–Kier alpha value is -2.22. The normalized spacial score (nSPS) is 21.0. The third kappa shape index (κ3) is 3.95. The van der Waals surface area contributed by atoms with Gasteiger partial charge in [0.1, 0.15) is 13.2 Å². The van der Waals surface area contributed by atoms with Crippen molar-refractivity contribution in [2.75, 3.05) is 14.2 Å². The van der Waals surface area contributed by atoms with Gasteiger partial charge in [0.2, 0.25) is 0 Å². The number of aliphatic hydroxyl groups is 1. The van der Waals surface area contributed by atoms with Crippen molar-refractivity contribution in [3.63, 3.8) is 0 Å². The minimum atomic E-state index is -1.23. The van der Waals surface area contributed by atoms with Crippen LogP contribution in [0.15, 0.2) is 57.5 Å². The quantitative estimate of drug-likeness (QED) is 0.570. The van der Waals surface area contributed by atoms with Crippen molar-refractivity contribution in [1.29, 1.82) is 0 Å². The highest BCUT2D eigenvalue weighted by Gasteiger charge is 2.40. The van der Waals surface area contributed by atoms with Crippen LogP contribution < -0.4 is 5.32 Å². The summed E-state index contributed by atoms with van der Waals surface area (Å²) in [5.74, 6) is -0.449. The van der Waals surface area contributed by atoms with E-state index in [0.29, 0.717) is 21.2 Å². The lowest BCUT2D eigenvalue weighted by atomic mass is 9.84. The van der Waals surface area contributed by atoms with E-state index in [4.69, 9.17) is 28.0 Å². The molecule has 0 radical (unpaired) electrons. The number of hydrogen-bond donors (Lipinski definition) is 2. The molecule has 0 aromatic heterocycles. The van der Waals surface area contributed by atoms with Gasteiger partial charge in [0, 0.05) is 28.9 Å². The van der Waals surface area contributed by atoms with E-state index in [1.54, 1.807) is 31.2 Å². The highest BCUT2D eigenvalue weighted by Crippen LogP contribution is 2.40. The van der Waals surface area contributed by atoms with E-state index in [0.717, 1.165) is 0 Å². The number of aliphatic hydroxyl groups excluding tert-OH is 1. The van der Waals surface area contributed by atoms with E-state index in [2.05, 4.69) is 20.7 Å². The fraction of sp³-hybridized carbons (Fsp3) is 0.294. The van der Waals surface area contributed by atoms with E-state index in [1.165, 1.54) is 26.4 Å². The number of nitrogens with zero attached hydrogens (tertiary/aromatic N) is 3. The van der Waals surface area contributed by atoms with Gasteiger partial charge in [-0.05, 0) is 36.8 Å². The topological polar surface area (TPSA) is 95.6 Å². The smallest absolute Gasteiger partial charge is 0.273 e. The summed E-state index contributed by atoms with van der Waals surface area (Å²) in [7, 11) is 2.80. The first-order valence-corrected chi connectivity index (χ1v) is 8.36. The van der Waals surface area contributed by atoms with Crippen LogP contribution in [0.4, 0.5) is 0 Å². The number of azo groups is 1. The van der Waals surface area contributed by atoms with E-state index in [-0.39, 0.29) is 5.71 Å². The van der Waals surface area contributed by atoms with Gasteiger partial charge in [-0.15, -0.1) is 0 Å². The number of hydrogen-bond acceptors (Lipinski definition) is 6. The van der Waals surface area contributed by atoms with Crippen LogP contribution in [0.1, 0.15) is 12.5 Å². The monoisotopic (exact) mass is 396 g/mol. The van der Waals surface area contributed by atoms with Crippen LogP contribution >= 0.6 is 23.2 Å². The first-order chi connectivity index (χ1) is 12.4. The maximum absolute atomic E-state index is 12.0. The number of rotatable bonds is 6. The SMILES string of the molecule is CNC(=O)C(=NOC)C(C)=CC(O)C1(c2ccc(Cl)cc2Cl)C=CN=N1. The molecule has 0 saturated carbocycles. The lowest BCUT2D eigenvalue weighted by Gasteiger charge is -2.28. The summed E-state index contributed by atoms with van der Waals surface area (Å²) >= 11 is 12.3. The number of carbonyl (C=O) groups is 1. The van der Waals surface area contributed by atoms with Crippen LogP contribution in [0.25, 0.3) is 0 Å². The van der Waals surface area contributed by atoms with Gasteiger partial charge in [0.15, 0.2) is 11.3 Å². The Bertz CT molecular complexity index is 806. The van der Waals surface area contributed by atoms with Crippen molar-refractivity contribution in [1.82, 2.24) is 5.32 Å². The Kier molecular flexibility index (Phi) is 6.52. The minimum Gasteiger partial charge on any atom is -0.398 e. The average Bonchev–Trinajstić information content (AvgIpc) is 3.09. The number of halogens is 2. The van der Waals surface area contributed by atoms with Gasteiger partial charge in [0.05, 0.1) is 0 Å². The lowest BCUT2D eigenvalue weighted by Crippen LogP contribution is -2.35. The standard InChI is InChI=1S/C17H18Cl2N4O3/c1-10(15(22-26-3)16(25)20-2)8-14(24)17(6-7-21-23-17)12-5-4-11(18)9-13(12)19/h4-9,14,24H,1-3H3,(H,20,25). The first-order valence-electron chi connectivity index (χ1n) is 7.61. The Morgan fingerprint density at radius 2 is 2.19 bits per heavy atom. The zero-order chi connectivity index (χ0) is 19.3. The van der Waals surface area contributed by atoms with E-state index >= 15 is 0 Å². The van der Waals surface area contributed by atoms with Crippen LogP contribution in [-0.2, 0) is 15.2 Å². The summed E-state index contributed by atoms with van der Waals surface area (Å²) in [6, 6.07) is 4.89. The van der Waals surface area contributed by atoms with E-state index in [9.17, 15) is 9.90 Å². The number of carbonyl (C=O) groups excluding carboxylic acids is 1. The molecule has 0 saturated heterocycles. The van der Waals surface area contributed by atoms with Crippen molar-refractivity contribution < 1.29 is 14.7 Å². The molecule has 9 heteroatoms. The predicted octanol–water partition coefficient (Wildman–Crippen LogP) is 3.22. The average molecular weight is 397 g/mol.